The average molecular weight is 438 g/mol. The molecule has 164 valence electrons. The van der Waals surface area contributed by atoms with E-state index < -0.39 is 0 Å². The number of fused-ring (bicyclic) bond motifs is 1. The summed E-state index contributed by atoms with van der Waals surface area (Å²) in [7, 11) is 1.89. The summed E-state index contributed by atoms with van der Waals surface area (Å²) in [5.74, 6) is 0.606. The van der Waals surface area contributed by atoms with Crippen molar-refractivity contribution < 1.29 is 0 Å². The Hall–Kier alpha value is -4.75. The molecule has 10 heteroatoms. The summed E-state index contributed by atoms with van der Waals surface area (Å²) in [6.07, 6.45) is 19.9. The van der Waals surface area contributed by atoms with Gasteiger partial charge in [-0.25, -0.2) is 19.9 Å². The Morgan fingerprint density at radius 1 is 1.18 bits per heavy atom. The Balaban J connectivity index is 0.00000149. The lowest BCUT2D eigenvalue weighted by atomic mass is 10.1. The normalized spacial score (nSPS) is 11.1. The van der Waals surface area contributed by atoms with Crippen LogP contribution in [0.3, 0.4) is 0 Å². The van der Waals surface area contributed by atoms with Gasteiger partial charge in [0.1, 0.15) is 35.8 Å². The predicted molar refractivity (Wildman–Crippen MR) is 124 cm³/mol. The van der Waals surface area contributed by atoms with Crippen LogP contribution in [0.2, 0.25) is 0 Å². The largest absolute Gasteiger partial charge is 0.358 e. The van der Waals surface area contributed by atoms with E-state index in [0.29, 0.717) is 24.3 Å². The molecule has 0 bridgehead atoms. The lowest BCUT2D eigenvalue weighted by molar-refractivity contribution is 0.421. The van der Waals surface area contributed by atoms with Crippen LogP contribution < -0.4 is 4.90 Å². The maximum Gasteiger partial charge on any atom is 0.149 e. The van der Waals surface area contributed by atoms with Crippen molar-refractivity contribution in [3.8, 4) is 36.2 Å². The molecule has 0 radical (unpaired) electrons. The fourth-order valence-corrected chi connectivity index (χ4v) is 3.57. The number of aromatic nitrogens is 7. The smallest absolute Gasteiger partial charge is 0.149 e. The number of hydrogen-bond donors (Lipinski definition) is 1. The molecule has 0 saturated carbocycles. The summed E-state index contributed by atoms with van der Waals surface area (Å²) in [6, 6.07) is 6.25. The van der Waals surface area contributed by atoms with Gasteiger partial charge in [-0.1, -0.05) is 0 Å². The van der Waals surface area contributed by atoms with Crippen molar-refractivity contribution >= 4 is 16.9 Å². The van der Waals surface area contributed by atoms with Gasteiger partial charge in [0.15, 0.2) is 0 Å². The van der Waals surface area contributed by atoms with Gasteiger partial charge in [0, 0.05) is 36.9 Å². The maximum atomic E-state index is 9.31. The highest BCUT2D eigenvalue weighted by molar-refractivity contribution is 5.89. The van der Waals surface area contributed by atoms with E-state index in [0.717, 1.165) is 35.1 Å². The highest BCUT2D eigenvalue weighted by Gasteiger charge is 2.16. The number of rotatable bonds is 8. The third-order valence-electron chi connectivity index (χ3n) is 5.13. The number of nitriles is 2. The predicted octanol–water partition coefficient (Wildman–Crippen LogP) is 3.10. The van der Waals surface area contributed by atoms with Crippen LogP contribution in [0.4, 0.5) is 5.82 Å². The van der Waals surface area contributed by atoms with Gasteiger partial charge < -0.3 is 9.88 Å². The Kier molecular flexibility index (Phi) is 7.67. The van der Waals surface area contributed by atoms with Gasteiger partial charge in [0.2, 0.25) is 0 Å². The summed E-state index contributed by atoms with van der Waals surface area (Å²) in [4.78, 5) is 21.7. The molecule has 4 rings (SSSR count). The van der Waals surface area contributed by atoms with E-state index in [9.17, 15) is 10.5 Å². The molecule has 10 nitrogen and oxygen atoms in total. The minimum Gasteiger partial charge on any atom is -0.358 e. The van der Waals surface area contributed by atoms with Crippen molar-refractivity contribution in [1.82, 2.24) is 34.7 Å². The molecular weight excluding hydrogens is 416 g/mol. The maximum absolute atomic E-state index is 9.31. The Labute approximate surface area is 191 Å². The van der Waals surface area contributed by atoms with Gasteiger partial charge in [0.05, 0.1) is 36.6 Å². The van der Waals surface area contributed by atoms with Crippen LogP contribution in [0.15, 0.2) is 43.5 Å². The molecule has 0 saturated heterocycles. The lowest BCUT2D eigenvalue weighted by Crippen LogP contribution is -2.22. The summed E-state index contributed by atoms with van der Waals surface area (Å²) in [5, 5.41) is 24.0. The molecular formula is C23H22N10. The molecule has 0 aliphatic heterocycles. The molecule has 0 aromatic carbocycles. The van der Waals surface area contributed by atoms with Gasteiger partial charge in [-0.05, 0) is 18.9 Å². The molecule has 33 heavy (non-hydrogen) atoms. The standard InChI is InChI=1S/C21H20N10.C2H2/c1-30(21-15(9-23)10-24-13-28-21)8-2-3-17(4-6-22)31-12-16(11-29-31)19-18-5-7-25-20(18)27-14-26-19;1-2/h5,7,10-14,17H,2-4,8H2,1H3,(H,25,26,27);1-2H/t17-;/m1./s1. The van der Waals surface area contributed by atoms with Crippen LogP contribution in [0.1, 0.15) is 30.9 Å². The topological polar surface area (TPSA) is 136 Å². The van der Waals surface area contributed by atoms with Gasteiger partial charge in [-0.3, -0.25) is 4.68 Å². The number of H-pyrrole nitrogens is 1. The molecule has 0 spiro atoms. The molecule has 4 aromatic rings. The minimum absolute atomic E-state index is 0.0588. The summed E-state index contributed by atoms with van der Waals surface area (Å²) >= 11 is 0. The zero-order chi connectivity index (χ0) is 23.6. The van der Waals surface area contributed by atoms with E-state index in [2.05, 4.69) is 55.0 Å². The Morgan fingerprint density at radius 2 is 2.03 bits per heavy atom. The van der Waals surface area contributed by atoms with Crippen LogP contribution in [-0.4, -0.2) is 48.3 Å². The van der Waals surface area contributed by atoms with Crippen molar-refractivity contribution in [3.05, 3.63) is 49.1 Å². The molecule has 1 N–H and O–H groups in total. The number of hydrogen-bond acceptors (Lipinski definition) is 8. The van der Waals surface area contributed by atoms with Crippen molar-refractivity contribution in [3.63, 3.8) is 0 Å². The van der Waals surface area contributed by atoms with Crippen LogP contribution in [-0.2, 0) is 0 Å². The zero-order valence-corrected chi connectivity index (χ0v) is 18.1. The first-order valence-electron chi connectivity index (χ1n) is 10.2. The van der Waals surface area contributed by atoms with Crippen LogP contribution >= 0.6 is 0 Å². The van der Waals surface area contributed by atoms with Gasteiger partial charge in [0.25, 0.3) is 0 Å². The zero-order valence-electron chi connectivity index (χ0n) is 18.1. The molecule has 0 aliphatic carbocycles. The van der Waals surface area contributed by atoms with E-state index in [1.165, 1.54) is 18.9 Å². The van der Waals surface area contributed by atoms with Gasteiger partial charge >= 0.3 is 0 Å². The molecule has 1 atom stereocenters. The number of terminal acetylenes is 1. The second-order valence-corrected chi connectivity index (χ2v) is 7.12. The van der Waals surface area contributed by atoms with Crippen molar-refractivity contribution in [2.75, 3.05) is 18.5 Å². The van der Waals surface area contributed by atoms with Gasteiger partial charge in [-0.15, -0.1) is 12.8 Å². The second kappa shape index (κ2) is 11.0. The molecule has 0 aliphatic rings. The van der Waals surface area contributed by atoms with Gasteiger partial charge in [-0.2, -0.15) is 15.6 Å². The summed E-state index contributed by atoms with van der Waals surface area (Å²) in [6.45, 7) is 0.692. The number of nitrogens with one attached hydrogen (secondary N) is 1. The summed E-state index contributed by atoms with van der Waals surface area (Å²) in [5.41, 5.74) is 2.90. The molecule has 0 amide bonds. The minimum atomic E-state index is -0.0588. The molecule has 4 heterocycles. The number of aromatic amines is 1. The van der Waals surface area contributed by atoms with Crippen LogP contribution in [0.25, 0.3) is 22.3 Å². The molecule has 4 aromatic heterocycles. The number of nitrogens with zero attached hydrogens (tertiary/aromatic N) is 9. The van der Waals surface area contributed by atoms with Crippen LogP contribution in [0, 0.1) is 35.5 Å². The number of anilines is 1. The average Bonchev–Trinajstić information content (AvgIpc) is 3.54. The third-order valence-corrected chi connectivity index (χ3v) is 5.13. The highest BCUT2D eigenvalue weighted by atomic mass is 15.3. The van der Waals surface area contributed by atoms with E-state index in [-0.39, 0.29) is 6.04 Å². The van der Waals surface area contributed by atoms with E-state index >= 15 is 0 Å². The van der Waals surface area contributed by atoms with E-state index in [4.69, 9.17) is 0 Å². The van der Waals surface area contributed by atoms with Crippen LogP contribution in [0.5, 0.6) is 0 Å². The fourth-order valence-electron chi connectivity index (χ4n) is 3.57. The fraction of sp³-hybridized carbons (Fsp3) is 0.261. The first-order chi connectivity index (χ1) is 16.2. The third kappa shape index (κ3) is 5.12. The van der Waals surface area contributed by atoms with Crippen molar-refractivity contribution in [1.29, 1.82) is 10.5 Å². The Morgan fingerprint density at radius 3 is 2.82 bits per heavy atom. The van der Waals surface area contributed by atoms with E-state index in [1.54, 1.807) is 6.20 Å². The first-order valence-corrected chi connectivity index (χ1v) is 10.2. The van der Waals surface area contributed by atoms with Crippen molar-refractivity contribution in [2.24, 2.45) is 0 Å². The first kappa shape index (κ1) is 22.9. The molecule has 0 fully saturated rings. The Bertz CT molecular complexity index is 1300. The van der Waals surface area contributed by atoms with E-state index in [1.807, 2.05) is 35.1 Å². The quantitative estimate of drug-likeness (QED) is 0.414. The monoisotopic (exact) mass is 438 g/mol. The highest BCUT2D eigenvalue weighted by Crippen LogP contribution is 2.26. The second-order valence-electron chi connectivity index (χ2n) is 7.12. The summed E-state index contributed by atoms with van der Waals surface area (Å²) < 4.78 is 1.84. The lowest BCUT2D eigenvalue weighted by Gasteiger charge is -2.20. The molecule has 0 unspecified atom stereocenters. The van der Waals surface area contributed by atoms with Crippen molar-refractivity contribution in [2.45, 2.75) is 25.3 Å². The SMILES string of the molecule is C#C.CN(CCC[C@H](CC#N)n1cc(-c2ncnc3[nH]ccc23)cn1)c1ncncc1C#N.